The van der Waals surface area contributed by atoms with Crippen LogP contribution in [0.3, 0.4) is 0 Å². The number of carbonyl (C=O) groups excluding carboxylic acids is 1. The van der Waals surface area contributed by atoms with Crippen molar-refractivity contribution in [2.75, 3.05) is 0 Å². The first-order chi connectivity index (χ1) is 50.5. The summed E-state index contributed by atoms with van der Waals surface area (Å²) in [6.45, 7) is 0. The zero-order valence-corrected chi connectivity index (χ0v) is 56.9. The second-order valence-electron chi connectivity index (χ2n) is 30.3. The predicted octanol–water partition coefficient (Wildman–Crippen LogP) is 23.8. The van der Waals surface area contributed by atoms with E-state index in [1.165, 1.54) is 177 Å². The van der Waals surface area contributed by atoms with Gasteiger partial charge in [-0.05, 0) is 270 Å². The Kier molecular flexibility index (Phi) is 12.7. The molecule has 1 nitrogen and oxygen atoms in total. The maximum Gasteiger partial charge on any atom is 0.193 e. The second-order valence-corrected chi connectivity index (χ2v) is 30.3. The van der Waals surface area contributed by atoms with Crippen LogP contribution in [0.2, 0.25) is 0 Å². The number of rotatable bonds is 8. The Morgan fingerprint density at radius 2 is 0.971 bits per heavy atom. The highest BCUT2D eigenvalue weighted by molar-refractivity contribution is 6.26. The highest BCUT2D eigenvalue weighted by atomic mass is 16.1. The Bertz CT molecular complexity index is 6120. The lowest BCUT2D eigenvalue weighted by Gasteiger charge is -2.35. The third kappa shape index (κ3) is 8.14. The molecule has 0 aliphatic heterocycles. The summed E-state index contributed by atoms with van der Waals surface area (Å²) < 4.78 is 0. The molecule has 12 aromatic rings. The molecule has 12 aromatic carbocycles. The second kappa shape index (κ2) is 22.2. The van der Waals surface area contributed by atoms with Gasteiger partial charge in [-0.25, -0.2) is 0 Å². The number of allylic oxidation sites excluding steroid dienone is 20. The van der Waals surface area contributed by atoms with Crippen LogP contribution in [0.25, 0.3) is 94.0 Å². The van der Waals surface area contributed by atoms with Crippen LogP contribution in [0, 0.1) is 23.7 Å². The van der Waals surface area contributed by atoms with Gasteiger partial charge >= 0.3 is 0 Å². The van der Waals surface area contributed by atoms with Crippen LogP contribution in [-0.4, -0.2) is 5.78 Å². The molecule has 10 aliphatic rings. The van der Waals surface area contributed by atoms with E-state index in [0.29, 0.717) is 23.3 Å². The molecule has 0 radical (unpaired) electrons. The highest BCUT2D eigenvalue weighted by Gasteiger charge is 2.55. The standard InChI is InChI=1S/C101H72O/c102-99(69-48-50-80-78-30-6-11-40-90(78)100(94(80)59-69)88-38-9-4-28-76(88)77-29-5-10-39-89(77)100)70-49-51-81-79-31-7-12-41-91(79)101(95(81)60-70)92-42-13-8-32-87(92)98-75(33-19-43-93(98)101)63-46-44-62(45-47-63)72-56-71(61-20-2-1-3-21-61)57-73(58-72)67-26-14-24-65(54-67)66-25-15-27-68(55-66)74-52-53-86-84-35-17-23-64-22-16-34-83(96(64)84)85-37-18-36-82(74)97(85)86/h1-13,15-16,18-20,22-25,27-32,34,36-46,48-56,58-61,63,71,75H,14,17,21,26,33,35,47,57H2. The summed E-state index contributed by atoms with van der Waals surface area (Å²) in [5.41, 5.74) is 33.0. The lowest BCUT2D eigenvalue weighted by atomic mass is 9.67. The summed E-state index contributed by atoms with van der Waals surface area (Å²) in [6, 6.07) is 86.4. The average molecular weight is 1300 g/mol. The van der Waals surface area contributed by atoms with E-state index in [9.17, 15) is 0 Å². The van der Waals surface area contributed by atoms with Gasteiger partial charge in [0.15, 0.2) is 5.78 Å². The number of benzene rings is 12. The van der Waals surface area contributed by atoms with E-state index in [1.54, 1.807) is 0 Å². The van der Waals surface area contributed by atoms with E-state index in [2.05, 4.69) is 316 Å². The van der Waals surface area contributed by atoms with E-state index in [0.717, 1.165) is 56.9 Å². The molecule has 0 N–H and O–H groups in total. The maximum atomic E-state index is 15.8. The molecule has 10 aliphatic carbocycles. The Labute approximate surface area is 596 Å². The van der Waals surface area contributed by atoms with Crippen molar-refractivity contribution < 1.29 is 4.79 Å². The molecule has 0 saturated carbocycles. The topological polar surface area (TPSA) is 17.1 Å². The summed E-state index contributed by atoms with van der Waals surface area (Å²) in [5, 5.41) is 9.71. The molecule has 5 unspecified atom stereocenters. The zero-order chi connectivity index (χ0) is 66.9. The molecule has 0 heterocycles. The summed E-state index contributed by atoms with van der Waals surface area (Å²) >= 11 is 0. The number of carbonyl (C=O) groups is 1. The minimum absolute atomic E-state index is 0.0453. The SMILES string of the molecule is O=C(c1ccc2c(c1)C1(C3=C(c4ccccc41)C(C1C=CC(C4=CC(C5C=CC=CC5)CC(C5=CC(c6cccc(-c7ccc8c9c%10c(cccc%10c%10cccc7c8%10)=CCC9)c6)=CCC5)=C4)=CC1)CC=C3)c1ccccc1-2)c1ccc2c(c1)C1(c3ccccc3-c3ccccc31)c1ccccc1-2. The van der Waals surface area contributed by atoms with E-state index < -0.39 is 10.8 Å². The maximum absolute atomic E-state index is 15.8. The predicted molar refractivity (Wildman–Crippen MR) is 422 cm³/mol. The Morgan fingerprint density at radius 3 is 1.67 bits per heavy atom. The van der Waals surface area contributed by atoms with E-state index in [1.807, 2.05) is 0 Å². The molecular weight excluding hydrogens is 1230 g/mol. The van der Waals surface area contributed by atoms with Crippen LogP contribution in [0.1, 0.15) is 117 Å². The molecule has 482 valence electrons. The average Bonchev–Trinajstić information content (AvgIpc) is 1.51. The summed E-state index contributed by atoms with van der Waals surface area (Å²) in [4.78, 5) is 15.8. The quantitative estimate of drug-likeness (QED) is 0.0842. The van der Waals surface area contributed by atoms with Gasteiger partial charge in [-0.2, -0.15) is 0 Å². The van der Waals surface area contributed by atoms with Crippen LogP contribution < -0.4 is 5.22 Å². The van der Waals surface area contributed by atoms with Crippen molar-refractivity contribution in [3.05, 3.63) is 409 Å². The van der Waals surface area contributed by atoms with Gasteiger partial charge < -0.3 is 0 Å². The molecule has 1 heteroatoms. The van der Waals surface area contributed by atoms with Crippen molar-refractivity contribution in [3.63, 3.8) is 0 Å². The molecule has 22 rings (SSSR count). The first-order valence-corrected chi connectivity index (χ1v) is 37.3. The number of hydrogen-bond acceptors (Lipinski definition) is 1. The van der Waals surface area contributed by atoms with Gasteiger partial charge in [0.2, 0.25) is 0 Å². The summed E-state index contributed by atoms with van der Waals surface area (Å²) in [6.07, 6.45) is 42.8. The zero-order valence-electron chi connectivity index (χ0n) is 56.9. The van der Waals surface area contributed by atoms with Crippen LogP contribution in [-0.2, 0) is 17.3 Å². The molecule has 0 fully saturated rings. The van der Waals surface area contributed by atoms with Crippen LogP contribution in [0.4, 0.5) is 0 Å². The lowest BCUT2D eigenvalue weighted by molar-refractivity contribution is 0.103. The van der Waals surface area contributed by atoms with Crippen LogP contribution in [0.5, 0.6) is 0 Å². The summed E-state index contributed by atoms with van der Waals surface area (Å²) in [5.74, 6) is 1.45. The van der Waals surface area contributed by atoms with Gasteiger partial charge in [-0.3, -0.25) is 4.79 Å². The van der Waals surface area contributed by atoms with Gasteiger partial charge in [0, 0.05) is 11.1 Å². The molecule has 0 saturated heterocycles. The van der Waals surface area contributed by atoms with Gasteiger partial charge in [0.25, 0.3) is 0 Å². The third-order valence-corrected chi connectivity index (χ3v) is 25.5. The van der Waals surface area contributed by atoms with Gasteiger partial charge in [-0.15, -0.1) is 0 Å². The molecule has 102 heavy (non-hydrogen) atoms. The van der Waals surface area contributed by atoms with Crippen LogP contribution in [0.15, 0.2) is 337 Å². The summed E-state index contributed by atoms with van der Waals surface area (Å²) in [7, 11) is 0. The first kappa shape index (κ1) is 58.3. The number of hydrogen-bond donors (Lipinski definition) is 0. The molecule has 5 atom stereocenters. The Morgan fingerprint density at radius 1 is 0.373 bits per heavy atom. The molecule has 0 aromatic heterocycles. The van der Waals surface area contributed by atoms with Crippen molar-refractivity contribution >= 4 is 55.3 Å². The first-order valence-electron chi connectivity index (χ1n) is 37.3. The van der Waals surface area contributed by atoms with Crippen molar-refractivity contribution in [3.8, 4) is 44.5 Å². The molecule has 2 spiro atoms. The van der Waals surface area contributed by atoms with Crippen molar-refractivity contribution in [2.45, 2.75) is 62.2 Å². The Balaban J connectivity index is 0.591. The minimum atomic E-state index is -0.593. The molecule has 0 amide bonds. The lowest BCUT2D eigenvalue weighted by Crippen LogP contribution is -2.28. The fourth-order valence-corrected chi connectivity index (χ4v) is 21.2. The van der Waals surface area contributed by atoms with Crippen molar-refractivity contribution in [2.24, 2.45) is 23.7 Å². The fraction of sp³-hybridized carbons (Fsp3) is 0.139. The highest BCUT2D eigenvalue weighted by Crippen LogP contribution is 2.66. The van der Waals surface area contributed by atoms with Gasteiger partial charge in [0.05, 0.1) is 10.8 Å². The van der Waals surface area contributed by atoms with Gasteiger partial charge in [-0.1, -0.05) is 297 Å². The monoisotopic (exact) mass is 1300 g/mol. The number of fused-ring (bicyclic) bond motifs is 21. The van der Waals surface area contributed by atoms with E-state index in [-0.39, 0.29) is 11.7 Å². The van der Waals surface area contributed by atoms with Crippen molar-refractivity contribution in [1.82, 2.24) is 0 Å². The molecule has 0 bridgehead atoms. The largest absolute Gasteiger partial charge is 0.289 e. The van der Waals surface area contributed by atoms with Gasteiger partial charge in [0.1, 0.15) is 0 Å². The number of ketones is 1. The fourth-order valence-electron chi connectivity index (χ4n) is 21.2. The Hall–Kier alpha value is -11.5. The number of aryl methyl sites for hydroxylation is 1. The minimum Gasteiger partial charge on any atom is -0.289 e. The molecular formula is C101H72O. The van der Waals surface area contributed by atoms with E-state index in [4.69, 9.17) is 0 Å². The van der Waals surface area contributed by atoms with Crippen LogP contribution >= 0.6 is 0 Å². The smallest absolute Gasteiger partial charge is 0.193 e. The van der Waals surface area contributed by atoms with Crippen molar-refractivity contribution in [1.29, 1.82) is 0 Å². The normalized spacial score (nSPS) is 21.5. The third-order valence-electron chi connectivity index (χ3n) is 25.5. The van der Waals surface area contributed by atoms with E-state index >= 15 is 4.79 Å².